The van der Waals surface area contributed by atoms with Crippen LogP contribution in [0, 0.1) is 17.2 Å². The van der Waals surface area contributed by atoms with Crippen molar-refractivity contribution >= 4 is 11.9 Å². The van der Waals surface area contributed by atoms with Crippen molar-refractivity contribution in [1.82, 2.24) is 10.2 Å². The van der Waals surface area contributed by atoms with E-state index in [1.807, 2.05) is 20.8 Å². The summed E-state index contributed by atoms with van der Waals surface area (Å²) in [6.45, 7) is 8.18. The first-order valence-corrected chi connectivity index (χ1v) is 6.80. The van der Waals surface area contributed by atoms with Gasteiger partial charge in [0, 0.05) is 0 Å². The van der Waals surface area contributed by atoms with Gasteiger partial charge < -0.3 is 10.1 Å². The van der Waals surface area contributed by atoms with Gasteiger partial charge in [0.2, 0.25) is 5.91 Å². The van der Waals surface area contributed by atoms with Gasteiger partial charge in [0.1, 0.15) is 5.54 Å². The van der Waals surface area contributed by atoms with E-state index in [-0.39, 0.29) is 30.9 Å². The largest absolute Gasteiger partial charge is 0.468 e. The number of methoxy groups -OCH3 is 1. The number of nitrogens with one attached hydrogen (secondary N) is 1. The zero-order chi connectivity index (χ0) is 15.8. The molecule has 1 unspecified atom stereocenters. The second-order valence-corrected chi connectivity index (χ2v) is 5.30. The highest BCUT2D eigenvalue weighted by Crippen LogP contribution is 2.14. The van der Waals surface area contributed by atoms with Crippen LogP contribution in [-0.2, 0) is 14.3 Å². The summed E-state index contributed by atoms with van der Waals surface area (Å²) in [5.74, 6) is -0.644. The molecule has 1 amide bonds. The summed E-state index contributed by atoms with van der Waals surface area (Å²) in [6, 6.07) is 2.12. The molecule has 20 heavy (non-hydrogen) atoms. The van der Waals surface area contributed by atoms with Crippen LogP contribution in [0.15, 0.2) is 0 Å². The number of nitrogens with zero attached hydrogens (tertiary/aromatic N) is 2. The van der Waals surface area contributed by atoms with Gasteiger partial charge >= 0.3 is 5.97 Å². The molecule has 1 N–H and O–H groups in total. The molecule has 0 saturated heterocycles. The summed E-state index contributed by atoms with van der Waals surface area (Å²) >= 11 is 0. The molecule has 0 aliphatic carbocycles. The fourth-order valence-electron chi connectivity index (χ4n) is 1.61. The van der Waals surface area contributed by atoms with E-state index in [9.17, 15) is 14.9 Å². The third-order valence-electron chi connectivity index (χ3n) is 3.27. The Morgan fingerprint density at radius 3 is 2.40 bits per heavy atom. The average molecular weight is 283 g/mol. The Balaban J connectivity index is 4.61. The molecule has 0 aromatic heterocycles. The maximum Gasteiger partial charge on any atom is 0.319 e. The van der Waals surface area contributed by atoms with E-state index in [4.69, 9.17) is 0 Å². The van der Waals surface area contributed by atoms with Crippen LogP contribution in [0.5, 0.6) is 0 Å². The minimum absolute atomic E-state index is 0.00307. The molecule has 0 fully saturated rings. The molecule has 0 aliphatic heterocycles. The number of hydrogen-bond donors (Lipinski definition) is 1. The average Bonchev–Trinajstić information content (AvgIpc) is 2.38. The Kier molecular flexibility index (Phi) is 7.85. The van der Waals surface area contributed by atoms with Crippen molar-refractivity contribution in [3.63, 3.8) is 0 Å². The number of rotatable bonds is 8. The molecule has 0 aromatic carbocycles. The first-order valence-electron chi connectivity index (χ1n) is 6.80. The van der Waals surface area contributed by atoms with Crippen LogP contribution in [0.25, 0.3) is 0 Å². The van der Waals surface area contributed by atoms with Gasteiger partial charge in [0.05, 0.1) is 26.3 Å². The molecule has 0 spiro atoms. The van der Waals surface area contributed by atoms with Crippen molar-refractivity contribution in [2.24, 2.45) is 5.92 Å². The van der Waals surface area contributed by atoms with E-state index in [1.54, 1.807) is 11.8 Å². The number of carbonyl (C=O) groups excluding carboxylic acids is 2. The number of carbonyl (C=O) groups is 2. The summed E-state index contributed by atoms with van der Waals surface area (Å²) in [4.78, 5) is 25.0. The molecule has 0 bridgehead atoms. The molecule has 6 nitrogen and oxygen atoms in total. The molecule has 0 heterocycles. The van der Waals surface area contributed by atoms with Crippen LogP contribution in [0.2, 0.25) is 0 Å². The highest BCUT2D eigenvalue weighted by molar-refractivity contribution is 5.80. The van der Waals surface area contributed by atoms with Crippen molar-refractivity contribution in [2.75, 3.05) is 26.7 Å². The van der Waals surface area contributed by atoms with E-state index in [1.165, 1.54) is 7.11 Å². The zero-order valence-corrected chi connectivity index (χ0v) is 13.0. The molecule has 0 rings (SSSR count). The maximum absolute atomic E-state index is 12.0. The lowest BCUT2D eigenvalue weighted by atomic mass is 9.90. The molecule has 0 aromatic rings. The Morgan fingerprint density at radius 1 is 1.40 bits per heavy atom. The molecule has 1 atom stereocenters. The molecular weight excluding hydrogens is 258 g/mol. The molecule has 0 saturated carbocycles. The lowest BCUT2D eigenvalue weighted by molar-refractivity contribution is -0.142. The minimum Gasteiger partial charge on any atom is -0.468 e. The lowest BCUT2D eigenvalue weighted by Gasteiger charge is -2.29. The zero-order valence-electron chi connectivity index (χ0n) is 13.0. The summed E-state index contributed by atoms with van der Waals surface area (Å²) < 4.78 is 4.60. The number of ether oxygens (including phenoxy) is 1. The Morgan fingerprint density at radius 2 is 2.00 bits per heavy atom. The van der Waals surface area contributed by atoms with E-state index < -0.39 is 5.54 Å². The summed E-state index contributed by atoms with van der Waals surface area (Å²) in [5, 5.41) is 11.9. The van der Waals surface area contributed by atoms with E-state index in [0.717, 1.165) is 6.42 Å². The van der Waals surface area contributed by atoms with Crippen molar-refractivity contribution in [1.29, 1.82) is 5.26 Å². The van der Waals surface area contributed by atoms with Crippen molar-refractivity contribution in [2.45, 2.75) is 39.7 Å². The Labute approximate surface area is 121 Å². The second-order valence-electron chi connectivity index (χ2n) is 5.30. The third kappa shape index (κ3) is 6.02. The van der Waals surface area contributed by atoms with E-state index in [2.05, 4.69) is 16.1 Å². The summed E-state index contributed by atoms with van der Waals surface area (Å²) in [6.07, 6.45) is 0.823. The number of hydrogen-bond acceptors (Lipinski definition) is 5. The van der Waals surface area contributed by atoms with Gasteiger partial charge in [-0.05, 0) is 25.8 Å². The van der Waals surface area contributed by atoms with Gasteiger partial charge in [-0.25, -0.2) is 0 Å². The molecular formula is C14H25N3O3. The molecule has 6 heteroatoms. The lowest BCUT2D eigenvalue weighted by Crippen LogP contribution is -2.52. The normalized spacial score (nSPS) is 13.7. The molecule has 0 radical (unpaired) electrons. The van der Waals surface area contributed by atoms with Crippen LogP contribution < -0.4 is 5.32 Å². The standard InChI is InChI=1S/C14H25N3O3/c1-6-7-17(9-13(19)20-5)8-12(18)16-14(4,10-15)11(2)3/h11H,6-9H2,1-5H3,(H,16,18). The van der Waals surface area contributed by atoms with Crippen LogP contribution in [-0.4, -0.2) is 49.1 Å². The topological polar surface area (TPSA) is 82.4 Å². The minimum atomic E-state index is -0.903. The fraction of sp³-hybridized carbons (Fsp3) is 0.786. The van der Waals surface area contributed by atoms with Gasteiger partial charge in [-0.15, -0.1) is 0 Å². The maximum atomic E-state index is 12.0. The number of esters is 1. The van der Waals surface area contributed by atoms with Gasteiger partial charge in [0.15, 0.2) is 0 Å². The second kappa shape index (κ2) is 8.54. The Hall–Kier alpha value is -1.61. The third-order valence-corrected chi connectivity index (χ3v) is 3.27. The van der Waals surface area contributed by atoms with Gasteiger partial charge in [-0.1, -0.05) is 20.8 Å². The monoisotopic (exact) mass is 283 g/mol. The van der Waals surface area contributed by atoms with Crippen LogP contribution in [0.3, 0.4) is 0 Å². The molecule has 114 valence electrons. The van der Waals surface area contributed by atoms with E-state index >= 15 is 0 Å². The predicted octanol–water partition coefficient (Wildman–Crippen LogP) is 0.926. The van der Waals surface area contributed by atoms with Crippen LogP contribution in [0.4, 0.5) is 0 Å². The van der Waals surface area contributed by atoms with Gasteiger partial charge in [-0.3, -0.25) is 14.5 Å². The first-order chi connectivity index (χ1) is 9.28. The fourth-order valence-corrected chi connectivity index (χ4v) is 1.61. The smallest absolute Gasteiger partial charge is 0.319 e. The summed E-state index contributed by atoms with van der Waals surface area (Å²) in [7, 11) is 1.32. The quantitative estimate of drug-likeness (QED) is 0.670. The van der Waals surface area contributed by atoms with Crippen molar-refractivity contribution in [3.8, 4) is 6.07 Å². The van der Waals surface area contributed by atoms with Crippen molar-refractivity contribution < 1.29 is 14.3 Å². The highest BCUT2D eigenvalue weighted by Gasteiger charge is 2.30. The predicted molar refractivity (Wildman–Crippen MR) is 75.7 cm³/mol. The van der Waals surface area contributed by atoms with Crippen LogP contribution in [0.1, 0.15) is 34.1 Å². The molecule has 0 aliphatic rings. The van der Waals surface area contributed by atoms with Crippen molar-refractivity contribution in [3.05, 3.63) is 0 Å². The van der Waals surface area contributed by atoms with Gasteiger partial charge in [-0.2, -0.15) is 5.26 Å². The highest BCUT2D eigenvalue weighted by atomic mass is 16.5. The summed E-state index contributed by atoms with van der Waals surface area (Å²) in [5.41, 5.74) is -0.903. The van der Waals surface area contributed by atoms with Gasteiger partial charge in [0.25, 0.3) is 0 Å². The number of amides is 1. The first kappa shape index (κ1) is 18.4. The SMILES string of the molecule is CCCN(CC(=O)NC(C)(C#N)C(C)C)CC(=O)OC. The van der Waals surface area contributed by atoms with Crippen LogP contribution >= 0.6 is 0 Å². The Bertz CT molecular complexity index is 376. The number of nitriles is 1. The van der Waals surface area contributed by atoms with E-state index in [0.29, 0.717) is 6.54 Å².